The highest BCUT2D eigenvalue weighted by molar-refractivity contribution is 5.70. The van der Waals surface area contributed by atoms with Crippen LogP contribution in [-0.4, -0.2) is 14.5 Å². The molecule has 0 atom stereocenters. The van der Waals surface area contributed by atoms with Crippen LogP contribution in [0.4, 0.5) is 5.82 Å². The maximum absolute atomic E-state index is 6.00. The summed E-state index contributed by atoms with van der Waals surface area (Å²) in [6, 6.07) is 4.47. The molecule has 0 amide bonds. The van der Waals surface area contributed by atoms with Gasteiger partial charge in [-0.25, -0.2) is 9.97 Å². The van der Waals surface area contributed by atoms with E-state index in [9.17, 15) is 0 Å². The van der Waals surface area contributed by atoms with E-state index < -0.39 is 0 Å². The molecule has 0 aromatic carbocycles. The second kappa shape index (κ2) is 4.93. The molecule has 2 aromatic rings. The second-order valence-corrected chi connectivity index (χ2v) is 6.52. The average Bonchev–Trinajstić information content (AvgIpc) is 2.88. The molecule has 1 aliphatic rings. The molecule has 0 radical (unpaired) electrons. The average molecular weight is 270 g/mol. The molecule has 20 heavy (non-hydrogen) atoms. The predicted octanol–water partition coefficient (Wildman–Crippen LogP) is 3.67. The van der Waals surface area contributed by atoms with Gasteiger partial charge in [0.1, 0.15) is 5.82 Å². The number of aromatic nitrogens is 3. The number of hydrogen-bond acceptors (Lipinski definition) is 3. The molecule has 0 unspecified atom stereocenters. The Kier molecular flexibility index (Phi) is 3.24. The smallest absolute Gasteiger partial charge is 0.132 e. The summed E-state index contributed by atoms with van der Waals surface area (Å²) in [6.45, 7) is 4.72. The molecule has 1 saturated carbocycles. The largest absolute Gasteiger partial charge is 0.383 e. The Labute approximate surface area is 120 Å². The van der Waals surface area contributed by atoms with Gasteiger partial charge in [-0.05, 0) is 43.2 Å². The standard InChI is InChI=1S/C16H22N4/c1-16(2)7-5-12(6-8-16)20-11-18-10-14(20)13-4-3-9-19-15(13)17/h3-4,9-12H,5-8H2,1-2H3,(H2,17,19). The van der Waals surface area contributed by atoms with Gasteiger partial charge in [0.2, 0.25) is 0 Å². The van der Waals surface area contributed by atoms with Crippen LogP contribution < -0.4 is 5.73 Å². The van der Waals surface area contributed by atoms with Gasteiger partial charge in [0.15, 0.2) is 0 Å². The molecule has 106 valence electrons. The van der Waals surface area contributed by atoms with Crippen molar-refractivity contribution in [3.05, 3.63) is 30.9 Å². The lowest BCUT2D eigenvalue weighted by Gasteiger charge is -2.35. The van der Waals surface area contributed by atoms with E-state index in [1.165, 1.54) is 25.7 Å². The van der Waals surface area contributed by atoms with Crippen LogP contribution in [0.15, 0.2) is 30.9 Å². The van der Waals surface area contributed by atoms with Gasteiger partial charge >= 0.3 is 0 Å². The molecule has 2 aromatic heterocycles. The van der Waals surface area contributed by atoms with Gasteiger partial charge in [-0.1, -0.05) is 13.8 Å². The van der Waals surface area contributed by atoms with Crippen molar-refractivity contribution in [3.8, 4) is 11.3 Å². The summed E-state index contributed by atoms with van der Waals surface area (Å²) < 4.78 is 2.28. The molecule has 3 rings (SSSR count). The van der Waals surface area contributed by atoms with E-state index in [0.717, 1.165) is 11.3 Å². The van der Waals surface area contributed by atoms with Crippen molar-refractivity contribution < 1.29 is 0 Å². The number of hydrogen-bond donors (Lipinski definition) is 1. The molecule has 0 aliphatic heterocycles. The zero-order chi connectivity index (χ0) is 14.2. The molecule has 1 aliphatic carbocycles. The molecule has 0 spiro atoms. The van der Waals surface area contributed by atoms with Crippen LogP contribution in [0.2, 0.25) is 0 Å². The number of anilines is 1. The van der Waals surface area contributed by atoms with E-state index in [-0.39, 0.29) is 0 Å². The summed E-state index contributed by atoms with van der Waals surface area (Å²) in [5.41, 5.74) is 8.54. The Balaban J connectivity index is 1.90. The minimum absolute atomic E-state index is 0.477. The van der Waals surface area contributed by atoms with Crippen LogP contribution in [-0.2, 0) is 0 Å². The minimum atomic E-state index is 0.477. The van der Waals surface area contributed by atoms with E-state index in [4.69, 9.17) is 5.73 Å². The summed E-state index contributed by atoms with van der Waals surface area (Å²) in [5.74, 6) is 0.574. The first-order chi connectivity index (χ1) is 9.57. The normalized spacial score (nSPS) is 19.1. The Hall–Kier alpha value is -1.84. The Morgan fingerprint density at radius 1 is 1.30 bits per heavy atom. The maximum atomic E-state index is 6.00. The molecule has 0 saturated heterocycles. The molecule has 4 nitrogen and oxygen atoms in total. The minimum Gasteiger partial charge on any atom is -0.383 e. The Bertz CT molecular complexity index is 590. The van der Waals surface area contributed by atoms with Crippen LogP contribution in [0.3, 0.4) is 0 Å². The lowest BCUT2D eigenvalue weighted by Crippen LogP contribution is -2.23. The zero-order valence-corrected chi connectivity index (χ0v) is 12.2. The first-order valence-corrected chi connectivity index (χ1v) is 7.29. The fraction of sp³-hybridized carbons (Fsp3) is 0.500. The topological polar surface area (TPSA) is 56.7 Å². The number of nitrogens with two attached hydrogens (primary N) is 1. The van der Waals surface area contributed by atoms with Crippen LogP contribution in [0.25, 0.3) is 11.3 Å². The summed E-state index contributed by atoms with van der Waals surface area (Å²) in [7, 11) is 0. The Morgan fingerprint density at radius 2 is 2.05 bits per heavy atom. The SMILES string of the molecule is CC1(C)CCC(n2cncc2-c2cccnc2N)CC1. The maximum Gasteiger partial charge on any atom is 0.132 e. The molecule has 4 heteroatoms. The van der Waals surface area contributed by atoms with E-state index in [1.807, 2.05) is 24.7 Å². The predicted molar refractivity (Wildman–Crippen MR) is 81.2 cm³/mol. The molecule has 1 fully saturated rings. The van der Waals surface area contributed by atoms with Crippen molar-refractivity contribution in [1.29, 1.82) is 0 Å². The quantitative estimate of drug-likeness (QED) is 0.905. The van der Waals surface area contributed by atoms with Crippen molar-refractivity contribution in [1.82, 2.24) is 14.5 Å². The van der Waals surface area contributed by atoms with Crippen molar-refractivity contribution in [2.24, 2.45) is 5.41 Å². The van der Waals surface area contributed by atoms with E-state index in [0.29, 0.717) is 17.3 Å². The summed E-state index contributed by atoms with van der Waals surface area (Å²) >= 11 is 0. The number of pyridine rings is 1. The van der Waals surface area contributed by atoms with Crippen molar-refractivity contribution in [2.75, 3.05) is 5.73 Å². The monoisotopic (exact) mass is 270 g/mol. The van der Waals surface area contributed by atoms with Crippen LogP contribution >= 0.6 is 0 Å². The third-order valence-corrected chi connectivity index (χ3v) is 4.48. The Morgan fingerprint density at radius 3 is 2.75 bits per heavy atom. The number of rotatable bonds is 2. The fourth-order valence-corrected chi connectivity index (χ4v) is 3.10. The highest BCUT2D eigenvalue weighted by atomic mass is 15.1. The highest BCUT2D eigenvalue weighted by Crippen LogP contribution is 2.41. The van der Waals surface area contributed by atoms with Crippen molar-refractivity contribution in [2.45, 2.75) is 45.6 Å². The number of nitrogen functional groups attached to an aromatic ring is 1. The van der Waals surface area contributed by atoms with Gasteiger partial charge in [-0.3, -0.25) is 0 Å². The van der Waals surface area contributed by atoms with Crippen LogP contribution in [0, 0.1) is 5.41 Å². The summed E-state index contributed by atoms with van der Waals surface area (Å²) in [4.78, 5) is 8.51. The highest BCUT2D eigenvalue weighted by Gasteiger charge is 2.28. The van der Waals surface area contributed by atoms with Crippen molar-refractivity contribution in [3.63, 3.8) is 0 Å². The zero-order valence-electron chi connectivity index (χ0n) is 12.2. The molecular formula is C16H22N4. The first-order valence-electron chi connectivity index (χ1n) is 7.29. The lowest BCUT2D eigenvalue weighted by atomic mass is 9.75. The van der Waals surface area contributed by atoms with E-state index in [1.54, 1.807) is 6.20 Å². The molecular weight excluding hydrogens is 248 g/mol. The van der Waals surface area contributed by atoms with Gasteiger partial charge in [-0.2, -0.15) is 0 Å². The van der Waals surface area contributed by atoms with Crippen molar-refractivity contribution >= 4 is 5.82 Å². The summed E-state index contributed by atoms with van der Waals surface area (Å²) in [5, 5.41) is 0. The third-order valence-electron chi connectivity index (χ3n) is 4.48. The van der Waals surface area contributed by atoms with Crippen LogP contribution in [0.1, 0.15) is 45.6 Å². The van der Waals surface area contributed by atoms with Gasteiger partial charge < -0.3 is 10.3 Å². The number of nitrogens with zero attached hydrogens (tertiary/aromatic N) is 3. The van der Waals surface area contributed by atoms with Gasteiger partial charge in [0.05, 0.1) is 18.2 Å². The molecule has 2 N–H and O–H groups in total. The molecule has 2 heterocycles. The third kappa shape index (κ3) is 2.42. The summed E-state index contributed by atoms with van der Waals surface area (Å²) in [6.07, 6.45) is 10.5. The molecule has 0 bridgehead atoms. The first kappa shape index (κ1) is 13.2. The van der Waals surface area contributed by atoms with Gasteiger partial charge in [0, 0.05) is 17.8 Å². The van der Waals surface area contributed by atoms with Gasteiger partial charge in [-0.15, -0.1) is 0 Å². The number of imidazole rings is 1. The fourth-order valence-electron chi connectivity index (χ4n) is 3.10. The van der Waals surface area contributed by atoms with Crippen LogP contribution in [0.5, 0.6) is 0 Å². The van der Waals surface area contributed by atoms with E-state index in [2.05, 4.69) is 28.4 Å². The van der Waals surface area contributed by atoms with E-state index >= 15 is 0 Å². The second-order valence-electron chi connectivity index (χ2n) is 6.52. The van der Waals surface area contributed by atoms with Gasteiger partial charge in [0.25, 0.3) is 0 Å². The lowest BCUT2D eigenvalue weighted by molar-refractivity contribution is 0.194.